The van der Waals surface area contributed by atoms with Crippen LogP contribution in [0.4, 0.5) is 13.2 Å². The number of carboxylic acids is 1. The van der Waals surface area contributed by atoms with Crippen LogP contribution in [0.15, 0.2) is 30.3 Å². The Morgan fingerprint density at radius 1 is 1.20 bits per heavy atom. The Labute approximate surface area is 113 Å². The fourth-order valence-corrected chi connectivity index (χ4v) is 1.71. The van der Waals surface area contributed by atoms with E-state index in [0.29, 0.717) is 5.56 Å². The lowest BCUT2D eigenvalue weighted by Crippen LogP contribution is -2.39. The number of benzene rings is 1. The molecule has 1 atom stereocenters. The molecule has 1 rings (SSSR count). The summed E-state index contributed by atoms with van der Waals surface area (Å²) >= 11 is 0. The van der Waals surface area contributed by atoms with Crippen LogP contribution in [0, 0.1) is 0 Å². The quantitative estimate of drug-likeness (QED) is 0.846. The third kappa shape index (κ3) is 5.29. The molecule has 4 nitrogen and oxygen atoms in total. The Hall–Kier alpha value is -2.05. The number of carboxylic acid groups (broad SMARTS) is 1. The van der Waals surface area contributed by atoms with E-state index in [4.69, 9.17) is 5.11 Å². The molecule has 0 aliphatic heterocycles. The minimum Gasteiger partial charge on any atom is -0.481 e. The third-order valence-electron chi connectivity index (χ3n) is 2.65. The summed E-state index contributed by atoms with van der Waals surface area (Å²) < 4.78 is 36.8. The first kappa shape index (κ1) is 16.0. The summed E-state index contributed by atoms with van der Waals surface area (Å²) in [5, 5.41) is 10.4. The Balaban J connectivity index is 2.75. The standard InChI is InChI=1S/C13H14F3NO3/c14-13(15,16)12(20)17-10(7-4-8-11(18)19)9-5-2-1-3-6-9/h1-3,5-6,10H,4,7-8H2,(H,17,20)(H,18,19). The molecule has 20 heavy (non-hydrogen) atoms. The van der Waals surface area contributed by atoms with E-state index in [2.05, 4.69) is 0 Å². The van der Waals surface area contributed by atoms with Gasteiger partial charge in [0, 0.05) is 6.42 Å². The zero-order valence-electron chi connectivity index (χ0n) is 10.5. The van der Waals surface area contributed by atoms with Crippen molar-refractivity contribution in [1.82, 2.24) is 5.32 Å². The number of hydrogen-bond acceptors (Lipinski definition) is 2. The third-order valence-corrected chi connectivity index (χ3v) is 2.65. The van der Waals surface area contributed by atoms with Crippen molar-refractivity contribution >= 4 is 11.9 Å². The Bertz CT molecular complexity index is 460. The largest absolute Gasteiger partial charge is 0.481 e. The van der Waals surface area contributed by atoms with Crippen LogP contribution in [0.1, 0.15) is 30.9 Å². The van der Waals surface area contributed by atoms with Gasteiger partial charge in [-0.3, -0.25) is 9.59 Å². The summed E-state index contributed by atoms with van der Waals surface area (Å²) in [5.41, 5.74) is 0.510. The van der Waals surface area contributed by atoms with Crippen molar-refractivity contribution in [2.24, 2.45) is 0 Å². The summed E-state index contributed by atoms with van der Waals surface area (Å²) in [4.78, 5) is 21.4. The summed E-state index contributed by atoms with van der Waals surface area (Å²) in [5.74, 6) is -3.05. The number of carbonyl (C=O) groups excluding carboxylic acids is 1. The number of carbonyl (C=O) groups is 2. The minimum atomic E-state index is -4.96. The maximum atomic E-state index is 12.3. The molecule has 0 aromatic heterocycles. The highest BCUT2D eigenvalue weighted by Crippen LogP contribution is 2.22. The number of aliphatic carboxylic acids is 1. The molecular formula is C13H14F3NO3. The monoisotopic (exact) mass is 289 g/mol. The number of halogens is 3. The Kier molecular flexibility index (Phi) is 5.54. The van der Waals surface area contributed by atoms with Gasteiger partial charge in [-0.05, 0) is 18.4 Å². The topological polar surface area (TPSA) is 66.4 Å². The second kappa shape index (κ2) is 6.93. The molecule has 110 valence electrons. The van der Waals surface area contributed by atoms with Crippen molar-refractivity contribution in [2.45, 2.75) is 31.5 Å². The number of hydrogen-bond donors (Lipinski definition) is 2. The lowest BCUT2D eigenvalue weighted by molar-refractivity contribution is -0.174. The molecule has 1 aromatic rings. The Morgan fingerprint density at radius 2 is 1.80 bits per heavy atom. The van der Waals surface area contributed by atoms with Crippen LogP contribution in [0.5, 0.6) is 0 Å². The van der Waals surface area contributed by atoms with Gasteiger partial charge in [0.1, 0.15) is 0 Å². The van der Waals surface area contributed by atoms with Crippen molar-refractivity contribution in [1.29, 1.82) is 0 Å². The van der Waals surface area contributed by atoms with Gasteiger partial charge in [-0.15, -0.1) is 0 Å². The van der Waals surface area contributed by atoms with Crippen molar-refractivity contribution in [2.75, 3.05) is 0 Å². The molecule has 0 bridgehead atoms. The van der Waals surface area contributed by atoms with E-state index in [1.54, 1.807) is 30.3 Å². The molecule has 0 spiro atoms. The number of nitrogens with one attached hydrogen (secondary N) is 1. The van der Waals surface area contributed by atoms with Gasteiger partial charge in [-0.2, -0.15) is 13.2 Å². The van der Waals surface area contributed by atoms with Crippen LogP contribution in [-0.2, 0) is 9.59 Å². The first-order chi connectivity index (χ1) is 9.30. The predicted molar refractivity (Wildman–Crippen MR) is 64.9 cm³/mol. The smallest absolute Gasteiger partial charge is 0.471 e. The zero-order valence-corrected chi connectivity index (χ0v) is 10.5. The first-order valence-electron chi connectivity index (χ1n) is 5.95. The van der Waals surface area contributed by atoms with Crippen LogP contribution in [0.2, 0.25) is 0 Å². The van der Waals surface area contributed by atoms with E-state index in [0.717, 1.165) is 0 Å². The molecule has 0 aliphatic rings. The van der Waals surface area contributed by atoms with Gasteiger partial charge >= 0.3 is 18.1 Å². The van der Waals surface area contributed by atoms with Crippen LogP contribution in [-0.4, -0.2) is 23.2 Å². The molecule has 0 fully saturated rings. The van der Waals surface area contributed by atoms with Crippen molar-refractivity contribution in [3.8, 4) is 0 Å². The van der Waals surface area contributed by atoms with Gasteiger partial charge in [0.25, 0.3) is 0 Å². The van der Waals surface area contributed by atoms with E-state index < -0.39 is 24.1 Å². The molecule has 1 aromatic carbocycles. The lowest BCUT2D eigenvalue weighted by atomic mass is 10.0. The average molecular weight is 289 g/mol. The van der Waals surface area contributed by atoms with Crippen molar-refractivity contribution in [3.05, 3.63) is 35.9 Å². The van der Waals surface area contributed by atoms with E-state index >= 15 is 0 Å². The summed E-state index contributed by atoms with van der Waals surface area (Å²) in [7, 11) is 0. The highest BCUT2D eigenvalue weighted by Gasteiger charge is 2.39. The van der Waals surface area contributed by atoms with Crippen molar-refractivity contribution < 1.29 is 27.9 Å². The number of amides is 1. The summed E-state index contributed by atoms with van der Waals surface area (Å²) in [6.45, 7) is 0. The maximum Gasteiger partial charge on any atom is 0.471 e. The lowest BCUT2D eigenvalue weighted by Gasteiger charge is -2.19. The van der Waals surface area contributed by atoms with E-state index in [1.807, 2.05) is 5.32 Å². The van der Waals surface area contributed by atoms with Gasteiger partial charge in [0.05, 0.1) is 6.04 Å². The molecule has 7 heteroatoms. The van der Waals surface area contributed by atoms with Gasteiger partial charge in [-0.1, -0.05) is 30.3 Å². The van der Waals surface area contributed by atoms with E-state index in [1.165, 1.54) is 0 Å². The molecule has 0 radical (unpaired) electrons. The second-order valence-corrected chi connectivity index (χ2v) is 4.22. The van der Waals surface area contributed by atoms with Crippen LogP contribution in [0.25, 0.3) is 0 Å². The Morgan fingerprint density at radius 3 is 2.30 bits per heavy atom. The van der Waals surface area contributed by atoms with Crippen LogP contribution >= 0.6 is 0 Å². The second-order valence-electron chi connectivity index (χ2n) is 4.22. The molecular weight excluding hydrogens is 275 g/mol. The molecule has 0 saturated carbocycles. The molecule has 0 heterocycles. The van der Waals surface area contributed by atoms with Gasteiger partial charge < -0.3 is 10.4 Å². The first-order valence-corrected chi connectivity index (χ1v) is 5.95. The normalized spacial score (nSPS) is 12.8. The average Bonchev–Trinajstić information content (AvgIpc) is 2.37. The fourth-order valence-electron chi connectivity index (χ4n) is 1.71. The van der Waals surface area contributed by atoms with E-state index in [-0.39, 0.29) is 19.3 Å². The van der Waals surface area contributed by atoms with Gasteiger partial charge in [0.15, 0.2) is 0 Å². The van der Waals surface area contributed by atoms with Gasteiger partial charge in [0.2, 0.25) is 0 Å². The molecule has 0 saturated heterocycles. The molecule has 2 N–H and O–H groups in total. The number of alkyl halides is 3. The minimum absolute atomic E-state index is 0.123. The van der Waals surface area contributed by atoms with Crippen molar-refractivity contribution in [3.63, 3.8) is 0 Å². The molecule has 1 unspecified atom stereocenters. The molecule has 1 amide bonds. The zero-order chi connectivity index (χ0) is 15.2. The predicted octanol–water partition coefficient (Wildman–Crippen LogP) is 2.66. The summed E-state index contributed by atoms with van der Waals surface area (Å²) in [6, 6.07) is 7.29. The van der Waals surface area contributed by atoms with Crippen LogP contribution < -0.4 is 5.32 Å². The highest BCUT2D eigenvalue weighted by molar-refractivity contribution is 5.82. The SMILES string of the molecule is O=C(O)CCCC(NC(=O)C(F)(F)F)c1ccccc1. The van der Waals surface area contributed by atoms with Crippen LogP contribution in [0.3, 0.4) is 0 Å². The molecule has 0 aliphatic carbocycles. The van der Waals surface area contributed by atoms with E-state index in [9.17, 15) is 22.8 Å². The fraction of sp³-hybridized carbons (Fsp3) is 0.385. The highest BCUT2D eigenvalue weighted by atomic mass is 19.4. The maximum absolute atomic E-state index is 12.3. The summed E-state index contributed by atoms with van der Waals surface area (Å²) in [6.07, 6.45) is -4.82. The van der Waals surface area contributed by atoms with Gasteiger partial charge in [-0.25, -0.2) is 0 Å². The number of rotatable bonds is 6.